The van der Waals surface area contributed by atoms with Crippen molar-refractivity contribution >= 4 is 34.2 Å². The highest BCUT2D eigenvalue weighted by Gasteiger charge is 2.06. The maximum atomic E-state index is 13.3. The number of carbonyl (C=O) groups excluding carboxylic acids is 1. The molecule has 2 nitrogen and oxygen atoms in total. The number of carbonyl (C=O) groups is 1. The number of rotatable bonds is 4. The van der Waals surface area contributed by atoms with Gasteiger partial charge < -0.3 is 5.32 Å². The van der Waals surface area contributed by atoms with Crippen LogP contribution in [-0.4, -0.2) is 5.91 Å². The molecule has 1 amide bonds. The maximum absolute atomic E-state index is 13.3. The molecule has 15 heavy (non-hydrogen) atoms. The summed E-state index contributed by atoms with van der Waals surface area (Å²) in [5.41, 5.74) is 0.261. The Bertz CT molecular complexity index is 354. The van der Waals surface area contributed by atoms with Crippen molar-refractivity contribution in [3.8, 4) is 0 Å². The fourth-order valence-electron chi connectivity index (χ4n) is 1.14. The highest BCUT2D eigenvalue weighted by atomic mass is 127. The molecule has 0 aliphatic carbocycles. The highest BCUT2D eigenvalue weighted by molar-refractivity contribution is 14.1. The first-order chi connectivity index (χ1) is 7.13. The first-order valence-electron chi connectivity index (χ1n) is 4.88. The summed E-state index contributed by atoms with van der Waals surface area (Å²) in [4.78, 5) is 11.3. The first kappa shape index (κ1) is 12.4. The Balaban J connectivity index is 2.60. The van der Waals surface area contributed by atoms with E-state index in [0.29, 0.717) is 6.42 Å². The number of amides is 1. The van der Waals surface area contributed by atoms with Crippen LogP contribution in [0, 0.1) is 9.39 Å². The van der Waals surface area contributed by atoms with Gasteiger partial charge in [0, 0.05) is 9.99 Å². The molecule has 82 valence electrons. The Hall–Kier alpha value is -0.650. The number of halogens is 2. The predicted molar refractivity (Wildman–Crippen MR) is 67.3 cm³/mol. The Kier molecular flexibility index (Phi) is 5.01. The summed E-state index contributed by atoms with van der Waals surface area (Å²) in [6.07, 6.45) is 2.24. The van der Waals surface area contributed by atoms with E-state index in [0.717, 1.165) is 16.4 Å². The van der Waals surface area contributed by atoms with Crippen LogP contribution in [-0.2, 0) is 4.79 Å². The van der Waals surface area contributed by atoms with Crippen molar-refractivity contribution in [2.45, 2.75) is 26.2 Å². The molecule has 1 aromatic rings. The van der Waals surface area contributed by atoms with Gasteiger partial charge in [-0.25, -0.2) is 4.39 Å². The number of hydrogen-bond acceptors (Lipinski definition) is 1. The predicted octanol–water partition coefficient (Wildman–Crippen LogP) is 3.56. The number of benzene rings is 1. The van der Waals surface area contributed by atoms with Crippen molar-refractivity contribution in [3.63, 3.8) is 0 Å². The minimum absolute atomic E-state index is 0.128. The summed E-state index contributed by atoms with van der Waals surface area (Å²) in [5, 5.41) is 2.55. The van der Waals surface area contributed by atoms with Gasteiger partial charge in [0.15, 0.2) is 0 Å². The van der Waals surface area contributed by atoms with Gasteiger partial charge in [0.25, 0.3) is 0 Å². The summed E-state index contributed by atoms with van der Waals surface area (Å²) < 4.78 is 14.1. The molecule has 0 radical (unpaired) electrons. The second-order valence-electron chi connectivity index (χ2n) is 3.28. The molecule has 1 N–H and O–H groups in total. The molecule has 0 aromatic heterocycles. The van der Waals surface area contributed by atoms with Gasteiger partial charge >= 0.3 is 0 Å². The fraction of sp³-hybridized carbons (Fsp3) is 0.364. The molecular formula is C11H13FINO. The molecule has 0 heterocycles. The van der Waals surface area contributed by atoms with Gasteiger partial charge in [-0.1, -0.05) is 13.3 Å². The molecule has 0 aliphatic rings. The van der Waals surface area contributed by atoms with E-state index in [4.69, 9.17) is 0 Å². The summed E-state index contributed by atoms with van der Waals surface area (Å²) in [7, 11) is 0. The van der Waals surface area contributed by atoms with E-state index in [1.54, 1.807) is 12.1 Å². The van der Waals surface area contributed by atoms with Gasteiger partial charge in [0.2, 0.25) is 5.91 Å². The zero-order valence-electron chi connectivity index (χ0n) is 8.52. The van der Waals surface area contributed by atoms with Crippen LogP contribution in [0.2, 0.25) is 0 Å². The number of anilines is 1. The average Bonchev–Trinajstić information content (AvgIpc) is 2.19. The Morgan fingerprint density at radius 2 is 2.27 bits per heavy atom. The molecule has 0 unspecified atom stereocenters. The third kappa shape index (κ3) is 4.15. The molecule has 0 fully saturated rings. The third-order valence-electron chi connectivity index (χ3n) is 1.96. The number of unbranched alkanes of at least 4 members (excludes halogenated alkanes) is 1. The van der Waals surface area contributed by atoms with Crippen LogP contribution in [0.5, 0.6) is 0 Å². The van der Waals surface area contributed by atoms with Gasteiger partial charge in [0.1, 0.15) is 5.82 Å². The van der Waals surface area contributed by atoms with Crippen molar-refractivity contribution in [1.29, 1.82) is 0 Å². The molecule has 0 atom stereocenters. The Morgan fingerprint density at radius 3 is 2.87 bits per heavy atom. The SMILES string of the molecule is CCCCC(=O)Nc1ccc(I)cc1F. The fourth-order valence-corrected chi connectivity index (χ4v) is 1.59. The molecule has 1 aromatic carbocycles. The zero-order valence-corrected chi connectivity index (χ0v) is 10.7. The quantitative estimate of drug-likeness (QED) is 0.844. The van der Waals surface area contributed by atoms with Crippen LogP contribution in [0.15, 0.2) is 18.2 Å². The van der Waals surface area contributed by atoms with Crippen LogP contribution < -0.4 is 5.32 Å². The second-order valence-corrected chi connectivity index (χ2v) is 4.52. The molecule has 1 rings (SSSR count). The van der Waals surface area contributed by atoms with E-state index in [-0.39, 0.29) is 17.4 Å². The lowest BCUT2D eigenvalue weighted by Gasteiger charge is -2.05. The van der Waals surface area contributed by atoms with E-state index in [1.165, 1.54) is 6.07 Å². The third-order valence-corrected chi connectivity index (χ3v) is 2.63. The molecule has 0 saturated carbocycles. The lowest BCUT2D eigenvalue weighted by molar-refractivity contribution is -0.116. The van der Waals surface area contributed by atoms with Gasteiger partial charge in [-0.3, -0.25) is 4.79 Å². The minimum Gasteiger partial charge on any atom is -0.324 e. The average molecular weight is 321 g/mol. The summed E-state index contributed by atoms with van der Waals surface area (Å²) >= 11 is 2.03. The van der Waals surface area contributed by atoms with Crippen LogP contribution in [0.1, 0.15) is 26.2 Å². The van der Waals surface area contributed by atoms with E-state index < -0.39 is 0 Å². The second kappa shape index (κ2) is 6.05. The monoisotopic (exact) mass is 321 g/mol. The lowest BCUT2D eigenvalue weighted by atomic mass is 10.2. The van der Waals surface area contributed by atoms with Crippen LogP contribution in [0.4, 0.5) is 10.1 Å². The van der Waals surface area contributed by atoms with E-state index in [2.05, 4.69) is 5.32 Å². The Labute approximate surface area is 102 Å². The normalized spacial score (nSPS) is 10.1. The van der Waals surface area contributed by atoms with Crippen molar-refractivity contribution in [2.24, 2.45) is 0 Å². The van der Waals surface area contributed by atoms with Gasteiger partial charge in [-0.2, -0.15) is 0 Å². The number of nitrogens with one attached hydrogen (secondary N) is 1. The van der Waals surface area contributed by atoms with Crippen molar-refractivity contribution in [3.05, 3.63) is 27.6 Å². The summed E-state index contributed by atoms with van der Waals surface area (Å²) in [5.74, 6) is -0.510. The van der Waals surface area contributed by atoms with Crippen LogP contribution in [0.25, 0.3) is 0 Å². The summed E-state index contributed by atoms with van der Waals surface area (Å²) in [6.45, 7) is 2.01. The van der Waals surface area contributed by atoms with Crippen molar-refractivity contribution in [1.82, 2.24) is 0 Å². The topological polar surface area (TPSA) is 29.1 Å². The lowest BCUT2D eigenvalue weighted by Crippen LogP contribution is -2.12. The molecule has 0 aliphatic heterocycles. The highest BCUT2D eigenvalue weighted by Crippen LogP contribution is 2.17. The Morgan fingerprint density at radius 1 is 1.53 bits per heavy atom. The van der Waals surface area contributed by atoms with Crippen LogP contribution >= 0.6 is 22.6 Å². The molecular weight excluding hydrogens is 308 g/mol. The maximum Gasteiger partial charge on any atom is 0.224 e. The largest absolute Gasteiger partial charge is 0.324 e. The smallest absolute Gasteiger partial charge is 0.224 e. The zero-order chi connectivity index (χ0) is 11.3. The molecule has 0 bridgehead atoms. The van der Waals surface area contributed by atoms with E-state index >= 15 is 0 Å². The van der Waals surface area contributed by atoms with Gasteiger partial charge in [0.05, 0.1) is 5.69 Å². The van der Waals surface area contributed by atoms with Crippen molar-refractivity contribution in [2.75, 3.05) is 5.32 Å². The molecule has 4 heteroatoms. The van der Waals surface area contributed by atoms with E-state index in [1.807, 2.05) is 29.5 Å². The van der Waals surface area contributed by atoms with Gasteiger partial charge in [-0.05, 0) is 47.2 Å². The standard InChI is InChI=1S/C11H13FINO/c1-2-3-4-11(15)14-10-6-5-8(13)7-9(10)12/h5-7H,2-4H2,1H3,(H,14,15). The van der Waals surface area contributed by atoms with Crippen molar-refractivity contribution < 1.29 is 9.18 Å². The minimum atomic E-state index is -0.383. The van der Waals surface area contributed by atoms with E-state index in [9.17, 15) is 9.18 Å². The van der Waals surface area contributed by atoms with Crippen LogP contribution in [0.3, 0.4) is 0 Å². The first-order valence-corrected chi connectivity index (χ1v) is 5.96. The molecule has 0 spiro atoms. The summed E-state index contributed by atoms with van der Waals surface area (Å²) in [6, 6.07) is 4.75. The molecule has 0 saturated heterocycles. The number of hydrogen-bond donors (Lipinski definition) is 1. The van der Waals surface area contributed by atoms with Gasteiger partial charge in [-0.15, -0.1) is 0 Å².